The van der Waals surface area contributed by atoms with Gasteiger partial charge >= 0.3 is 5.97 Å². The van der Waals surface area contributed by atoms with Crippen molar-refractivity contribution in [1.29, 1.82) is 0 Å². The lowest BCUT2D eigenvalue weighted by molar-refractivity contribution is 0.0464. The highest BCUT2D eigenvalue weighted by atomic mass is 35.5. The van der Waals surface area contributed by atoms with Gasteiger partial charge in [0.15, 0.2) is 5.76 Å². The summed E-state index contributed by atoms with van der Waals surface area (Å²) in [6, 6.07) is 13.6. The van der Waals surface area contributed by atoms with Crippen LogP contribution in [-0.2, 0) is 11.3 Å². The Morgan fingerprint density at radius 1 is 1.16 bits per heavy atom. The molecule has 0 radical (unpaired) electrons. The molecule has 0 fully saturated rings. The van der Waals surface area contributed by atoms with E-state index in [0.717, 1.165) is 5.56 Å². The fourth-order valence-electron chi connectivity index (χ4n) is 2.16. The molecule has 0 N–H and O–H groups in total. The van der Waals surface area contributed by atoms with Crippen molar-refractivity contribution in [2.24, 2.45) is 0 Å². The summed E-state index contributed by atoms with van der Waals surface area (Å²) in [6.07, 6.45) is 0. The molecular weight excluding hydrogens is 365 g/mol. The van der Waals surface area contributed by atoms with Crippen LogP contribution in [0.2, 0.25) is 10.0 Å². The summed E-state index contributed by atoms with van der Waals surface area (Å²) in [7, 11) is 1.59. The smallest absolute Gasteiger partial charge is 0.340 e. The average Bonchev–Trinajstić information content (AvgIpc) is 3.09. The molecule has 0 bridgehead atoms. The number of nitrogens with zero attached hydrogens (tertiary/aromatic N) is 1. The maximum Gasteiger partial charge on any atom is 0.340 e. The minimum absolute atomic E-state index is 0.0365. The SMILES string of the molecule is COc1cccc(-c2cc(COC(=O)c3ccc(Cl)cc3Cl)no2)c1. The molecule has 0 unspecified atom stereocenters. The summed E-state index contributed by atoms with van der Waals surface area (Å²) in [6.45, 7) is -0.0365. The third-order valence-corrected chi connectivity index (χ3v) is 3.96. The summed E-state index contributed by atoms with van der Waals surface area (Å²) in [5.41, 5.74) is 1.53. The average molecular weight is 378 g/mol. The van der Waals surface area contributed by atoms with E-state index in [1.54, 1.807) is 19.2 Å². The zero-order valence-electron chi connectivity index (χ0n) is 13.2. The van der Waals surface area contributed by atoms with E-state index >= 15 is 0 Å². The minimum Gasteiger partial charge on any atom is -0.497 e. The van der Waals surface area contributed by atoms with E-state index < -0.39 is 5.97 Å². The molecule has 5 nitrogen and oxygen atoms in total. The van der Waals surface area contributed by atoms with Crippen LogP contribution < -0.4 is 4.74 Å². The predicted molar refractivity (Wildman–Crippen MR) is 94.1 cm³/mol. The molecule has 0 aliphatic heterocycles. The quantitative estimate of drug-likeness (QED) is 0.584. The summed E-state index contributed by atoms with van der Waals surface area (Å²) in [5.74, 6) is 0.696. The molecule has 0 aliphatic carbocycles. The lowest BCUT2D eigenvalue weighted by Crippen LogP contribution is -2.06. The normalized spacial score (nSPS) is 10.5. The Bertz CT molecular complexity index is 908. The molecular formula is C18H13Cl2NO4. The minimum atomic E-state index is -0.562. The molecule has 0 aliphatic rings. The van der Waals surface area contributed by atoms with E-state index in [-0.39, 0.29) is 17.2 Å². The van der Waals surface area contributed by atoms with Crippen molar-refractivity contribution in [3.8, 4) is 17.1 Å². The third kappa shape index (κ3) is 4.13. The Morgan fingerprint density at radius 3 is 2.76 bits per heavy atom. The zero-order valence-corrected chi connectivity index (χ0v) is 14.7. The van der Waals surface area contributed by atoms with Crippen molar-refractivity contribution in [3.63, 3.8) is 0 Å². The third-order valence-electron chi connectivity index (χ3n) is 3.42. The molecule has 3 rings (SSSR count). The van der Waals surface area contributed by atoms with Gasteiger partial charge in [-0.05, 0) is 30.3 Å². The van der Waals surface area contributed by atoms with Gasteiger partial charge in [-0.1, -0.05) is 40.5 Å². The number of halogens is 2. The van der Waals surface area contributed by atoms with Crippen molar-refractivity contribution in [2.45, 2.75) is 6.61 Å². The highest BCUT2D eigenvalue weighted by molar-refractivity contribution is 6.36. The number of hydrogen-bond donors (Lipinski definition) is 0. The van der Waals surface area contributed by atoms with Gasteiger partial charge < -0.3 is 14.0 Å². The van der Waals surface area contributed by atoms with Crippen molar-refractivity contribution in [1.82, 2.24) is 5.16 Å². The molecule has 7 heteroatoms. The van der Waals surface area contributed by atoms with E-state index in [0.29, 0.717) is 22.2 Å². The number of rotatable bonds is 5. The number of aromatic nitrogens is 1. The number of carbonyl (C=O) groups is 1. The Kier molecular flexibility index (Phi) is 5.26. The van der Waals surface area contributed by atoms with Crippen LogP contribution in [0.4, 0.5) is 0 Å². The molecule has 0 saturated heterocycles. The molecule has 2 aromatic carbocycles. The molecule has 1 heterocycles. The van der Waals surface area contributed by atoms with Crippen LogP contribution in [0, 0.1) is 0 Å². The summed E-state index contributed by atoms with van der Waals surface area (Å²) in [4.78, 5) is 12.1. The van der Waals surface area contributed by atoms with Gasteiger partial charge in [-0.25, -0.2) is 4.79 Å². The second-order valence-corrected chi connectivity index (χ2v) is 5.96. The van der Waals surface area contributed by atoms with Crippen molar-refractivity contribution < 1.29 is 18.8 Å². The molecule has 1 aromatic heterocycles. The lowest BCUT2D eigenvalue weighted by atomic mass is 10.1. The Labute approximate surface area is 154 Å². The van der Waals surface area contributed by atoms with E-state index in [1.807, 2.05) is 24.3 Å². The van der Waals surface area contributed by atoms with Gasteiger partial charge in [-0.15, -0.1) is 0 Å². The molecule has 0 amide bonds. The molecule has 3 aromatic rings. The van der Waals surface area contributed by atoms with E-state index in [4.69, 9.17) is 37.2 Å². The van der Waals surface area contributed by atoms with Gasteiger partial charge in [-0.3, -0.25) is 0 Å². The number of ether oxygens (including phenoxy) is 2. The van der Waals surface area contributed by atoms with Crippen LogP contribution in [0.1, 0.15) is 16.1 Å². The monoisotopic (exact) mass is 377 g/mol. The number of esters is 1. The largest absolute Gasteiger partial charge is 0.497 e. The second-order valence-electron chi connectivity index (χ2n) is 5.11. The first-order valence-electron chi connectivity index (χ1n) is 7.29. The van der Waals surface area contributed by atoms with Gasteiger partial charge in [0.2, 0.25) is 0 Å². The van der Waals surface area contributed by atoms with E-state index in [1.165, 1.54) is 12.1 Å². The molecule has 128 valence electrons. The summed E-state index contributed by atoms with van der Waals surface area (Å²) >= 11 is 11.8. The van der Waals surface area contributed by atoms with Crippen LogP contribution in [-0.4, -0.2) is 18.2 Å². The maximum atomic E-state index is 12.1. The summed E-state index contributed by atoms with van der Waals surface area (Å²) < 4.78 is 15.7. The zero-order chi connectivity index (χ0) is 17.8. The van der Waals surface area contributed by atoms with Crippen LogP contribution in [0.25, 0.3) is 11.3 Å². The van der Waals surface area contributed by atoms with Crippen molar-refractivity contribution in [2.75, 3.05) is 7.11 Å². The highest BCUT2D eigenvalue weighted by Crippen LogP contribution is 2.25. The van der Waals surface area contributed by atoms with Crippen molar-refractivity contribution >= 4 is 29.2 Å². The first-order valence-corrected chi connectivity index (χ1v) is 8.04. The number of hydrogen-bond acceptors (Lipinski definition) is 5. The van der Waals surface area contributed by atoms with Gasteiger partial charge in [0.05, 0.1) is 17.7 Å². The molecule has 0 saturated carbocycles. The van der Waals surface area contributed by atoms with Crippen LogP contribution >= 0.6 is 23.2 Å². The fourth-order valence-corrected chi connectivity index (χ4v) is 2.65. The van der Waals surface area contributed by atoms with Gasteiger partial charge in [-0.2, -0.15) is 0 Å². The van der Waals surface area contributed by atoms with E-state index in [9.17, 15) is 4.79 Å². The van der Waals surface area contributed by atoms with Crippen LogP contribution in [0.5, 0.6) is 5.75 Å². The predicted octanol–water partition coefficient (Wildman–Crippen LogP) is 5.01. The van der Waals surface area contributed by atoms with Gasteiger partial charge in [0.1, 0.15) is 18.1 Å². The first kappa shape index (κ1) is 17.3. The molecule has 25 heavy (non-hydrogen) atoms. The molecule has 0 atom stereocenters. The first-order chi connectivity index (χ1) is 12.1. The van der Waals surface area contributed by atoms with Gasteiger partial charge in [0.25, 0.3) is 0 Å². The Morgan fingerprint density at radius 2 is 2.00 bits per heavy atom. The second kappa shape index (κ2) is 7.59. The van der Waals surface area contributed by atoms with Crippen LogP contribution in [0.15, 0.2) is 53.1 Å². The standard InChI is InChI=1S/C18H13Cl2NO4/c1-23-14-4-2-3-11(7-14)17-9-13(21-25-17)10-24-18(22)15-6-5-12(19)8-16(15)20/h2-9H,10H2,1H3. The number of carbonyl (C=O) groups excluding carboxylic acids is 1. The topological polar surface area (TPSA) is 61.6 Å². The Balaban J connectivity index is 1.68. The molecule has 0 spiro atoms. The lowest BCUT2D eigenvalue weighted by Gasteiger charge is -2.04. The van der Waals surface area contributed by atoms with E-state index in [2.05, 4.69) is 5.16 Å². The fraction of sp³-hybridized carbons (Fsp3) is 0.111. The summed E-state index contributed by atoms with van der Waals surface area (Å²) in [5, 5.41) is 4.58. The van der Waals surface area contributed by atoms with Crippen molar-refractivity contribution in [3.05, 3.63) is 69.8 Å². The van der Waals surface area contributed by atoms with Crippen LogP contribution in [0.3, 0.4) is 0 Å². The Hall–Kier alpha value is -2.50. The number of benzene rings is 2. The maximum absolute atomic E-state index is 12.1. The van der Waals surface area contributed by atoms with Gasteiger partial charge in [0, 0.05) is 16.7 Å². The highest BCUT2D eigenvalue weighted by Gasteiger charge is 2.14. The number of methoxy groups -OCH3 is 1.